The van der Waals surface area contributed by atoms with Crippen LogP contribution in [0, 0.1) is 0 Å². The third-order valence-electron chi connectivity index (χ3n) is 5.88. The first-order chi connectivity index (χ1) is 13.2. The molecule has 0 N–H and O–H groups in total. The maximum absolute atomic E-state index is 6.00. The van der Waals surface area contributed by atoms with Crippen LogP contribution in [0.4, 0.5) is 0 Å². The highest BCUT2D eigenvalue weighted by Gasteiger charge is 2.36. The molecule has 0 spiro atoms. The van der Waals surface area contributed by atoms with Crippen molar-refractivity contribution in [3.63, 3.8) is 0 Å². The fraction of sp³-hybridized carbons (Fsp3) is 0.478. The first-order valence-corrected chi connectivity index (χ1v) is 10.1. The number of aromatic nitrogens is 1. The fourth-order valence-electron chi connectivity index (χ4n) is 4.67. The van der Waals surface area contributed by atoms with Gasteiger partial charge >= 0.3 is 0 Å². The van der Waals surface area contributed by atoms with E-state index in [0.717, 1.165) is 30.8 Å². The van der Waals surface area contributed by atoms with Crippen molar-refractivity contribution < 1.29 is 9.47 Å². The van der Waals surface area contributed by atoms with E-state index < -0.39 is 0 Å². The molecular weight excluding hydrogens is 336 g/mol. The standard InChI is InChI=1S/C23H26N2O2/c1-14(2)26-20-4-3-16-13-25-23(21(16)12-20)15-7-8-24-22(11-15)17-9-18-5-6-19(10-17)27-18/h3-4,7-8,11-12,14,17-19H,5-6,9-10,13H2,1-2H3. The molecule has 4 nitrogen and oxygen atoms in total. The van der Waals surface area contributed by atoms with E-state index in [1.54, 1.807) is 0 Å². The Kier molecular flexibility index (Phi) is 4.24. The minimum atomic E-state index is 0.168. The SMILES string of the molecule is CC(C)Oc1ccc2c(c1)C(c1ccnc(C3CC4CCC(C3)O4)c1)=NC2. The number of hydrogen-bond acceptors (Lipinski definition) is 4. The van der Waals surface area contributed by atoms with Gasteiger partial charge in [0.1, 0.15) is 5.75 Å². The van der Waals surface area contributed by atoms with Gasteiger partial charge in [0.2, 0.25) is 0 Å². The van der Waals surface area contributed by atoms with E-state index in [1.165, 1.54) is 35.2 Å². The van der Waals surface area contributed by atoms with Gasteiger partial charge in [0, 0.05) is 28.9 Å². The van der Waals surface area contributed by atoms with E-state index in [4.69, 9.17) is 19.5 Å². The zero-order valence-corrected chi connectivity index (χ0v) is 16.0. The molecule has 0 aliphatic carbocycles. The first-order valence-electron chi connectivity index (χ1n) is 10.1. The molecule has 4 heteroatoms. The van der Waals surface area contributed by atoms with Crippen molar-refractivity contribution in [3.05, 3.63) is 58.9 Å². The molecule has 4 heterocycles. The van der Waals surface area contributed by atoms with Crippen LogP contribution in [0.1, 0.15) is 67.8 Å². The van der Waals surface area contributed by atoms with Crippen LogP contribution in [0.5, 0.6) is 5.75 Å². The van der Waals surface area contributed by atoms with Gasteiger partial charge in [-0.2, -0.15) is 0 Å². The van der Waals surface area contributed by atoms with Gasteiger partial charge in [-0.25, -0.2) is 0 Å². The van der Waals surface area contributed by atoms with Gasteiger partial charge in [-0.05, 0) is 69.4 Å². The van der Waals surface area contributed by atoms with Crippen molar-refractivity contribution in [3.8, 4) is 5.75 Å². The Labute approximate surface area is 160 Å². The van der Waals surface area contributed by atoms with Gasteiger partial charge in [-0.15, -0.1) is 0 Å². The molecule has 0 amide bonds. The third kappa shape index (κ3) is 3.27. The second-order valence-corrected chi connectivity index (χ2v) is 8.25. The molecule has 2 saturated heterocycles. The zero-order valence-electron chi connectivity index (χ0n) is 16.0. The maximum atomic E-state index is 6.00. The Bertz CT molecular complexity index is 878. The van der Waals surface area contributed by atoms with Gasteiger partial charge < -0.3 is 9.47 Å². The molecule has 2 fully saturated rings. The molecule has 2 bridgehead atoms. The average Bonchev–Trinajstić information content (AvgIpc) is 3.23. The van der Waals surface area contributed by atoms with E-state index in [1.807, 2.05) is 12.3 Å². The molecule has 3 aliphatic rings. The zero-order chi connectivity index (χ0) is 18.4. The summed E-state index contributed by atoms with van der Waals surface area (Å²) in [7, 11) is 0. The summed E-state index contributed by atoms with van der Waals surface area (Å²) in [4.78, 5) is 9.54. The number of fused-ring (bicyclic) bond motifs is 3. The van der Waals surface area contributed by atoms with E-state index in [0.29, 0.717) is 18.1 Å². The lowest BCUT2D eigenvalue weighted by Gasteiger charge is -2.28. The summed E-state index contributed by atoms with van der Waals surface area (Å²) in [6, 6.07) is 10.7. The van der Waals surface area contributed by atoms with Gasteiger partial charge in [0.05, 0.1) is 30.6 Å². The number of nitrogens with zero attached hydrogens (tertiary/aromatic N) is 2. The quantitative estimate of drug-likeness (QED) is 0.795. The van der Waals surface area contributed by atoms with E-state index in [-0.39, 0.29) is 6.10 Å². The normalized spacial score (nSPS) is 26.2. The topological polar surface area (TPSA) is 43.7 Å². The van der Waals surface area contributed by atoms with Crippen LogP contribution < -0.4 is 4.74 Å². The van der Waals surface area contributed by atoms with Crippen LogP contribution in [-0.2, 0) is 11.3 Å². The molecule has 3 aliphatic heterocycles. The van der Waals surface area contributed by atoms with Crippen molar-refractivity contribution in [2.75, 3.05) is 0 Å². The maximum Gasteiger partial charge on any atom is 0.120 e. The Balaban J connectivity index is 1.44. The highest BCUT2D eigenvalue weighted by Crippen LogP contribution is 2.40. The third-order valence-corrected chi connectivity index (χ3v) is 5.88. The van der Waals surface area contributed by atoms with E-state index >= 15 is 0 Å². The van der Waals surface area contributed by atoms with Crippen molar-refractivity contribution in [1.82, 2.24) is 4.98 Å². The molecule has 0 saturated carbocycles. The molecule has 5 rings (SSSR count). The first kappa shape index (κ1) is 16.9. The van der Waals surface area contributed by atoms with Crippen LogP contribution in [0.15, 0.2) is 41.5 Å². The Morgan fingerprint density at radius 2 is 1.89 bits per heavy atom. The molecule has 2 aromatic rings. The summed E-state index contributed by atoms with van der Waals surface area (Å²) in [5.74, 6) is 1.42. The molecule has 27 heavy (non-hydrogen) atoms. The van der Waals surface area contributed by atoms with Gasteiger partial charge in [-0.1, -0.05) is 6.07 Å². The summed E-state index contributed by atoms with van der Waals surface area (Å²) in [5, 5.41) is 0. The van der Waals surface area contributed by atoms with Gasteiger partial charge in [-0.3, -0.25) is 9.98 Å². The lowest BCUT2D eigenvalue weighted by Crippen LogP contribution is -2.24. The Hall–Kier alpha value is -2.20. The van der Waals surface area contributed by atoms with E-state index in [9.17, 15) is 0 Å². The van der Waals surface area contributed by atoms with Crippen LogP contribution in [0.25, 0.3) is 0 Å². The number of benzene rings is 1. The van der Waals surface area contributed by atoms with Gasteiger partial charge in [0.15, 0.2) is 0 Å². The lowest BCUT2D eigenvalue weighted by molar-refractivity contribution is -0.00441. The molecule has 2 atom stereocenters. The van der Waals surface area contributed by atoms with Crippen molar-refractivity contribution in [2.24, 2.45) is 4.99 Å². The van der Waals surface area contributed by atoms with E-state index in [2.05, 4.69) is 38.1 Å². The fourth-order valence-corrected chi connectivity index (χ4v) is 4.67. The summed E-state index contributed by atoms with van der Waals surface area (Å²) in [6.45, 7) is 4.85. The highest BCUT2D eigenvalue weighted by molar-refractivity contribution is 6.15. The molecule has 2 unspecified atom stereocenters. The average molecular weight is 362 g/mol. The van der Waals surface area contributed by atoms with Crippen molar-refractivity contribution >= 4 is 5.71 Å². The molecule has 1 aromatic carbocycles. The number of pyridine rings is 1. The molecule has 1 aromatic heterocycles. The predicted molar refractivity (Wildman–Crippen MR) is 106 cm³/mol. The Morgan fingerprint density at radius 3 is 2.67 bits per heavy atom. The number of aliphatic imine (C=N–C) groups is 1. The number of rotatable bonds is 4. The molecular formula is C23H26N2O2. The largest absolute Gasteiger partial charge is 0.491 e. The minimum absolute atomic E-state index is 0.168. The van der Waals surface area contributed by atoms with Crippen LogP contribution in [-0.4, -0.2) is 29.0 Å². The minimum Gasteiger partial charge on any atom is -0.491 e. The van der Waals surface area contributed by atoms with Crippen molar-refractivity contribution in [1.29, 1.82) is 0 Å². The summed E-state index contributed by atoms with van der Waals surface area (Å²) < 4.78 is 11.9. The summed E-state index contributed by atoms with van der Waals surface area (Å²) in [6.07, 6.45) is 7.58. The Morgan fingerprint density at radius 1 is 1.07 bits per heavy atom. The molecule has 140 valence electrons. The van der Waals surface area contributed by atoms with Gasteiger partial charge in [0.25, 0.3) is 0 Å². The second kappa shape index (κ2) is 6.75. The van der Waals surface area contributed by atoms with Crippen LogP contribution in [0.3, 0.4) is 0 Å². The monoisotopic (exact) mass is 362 g/mol. The summed E-state index contributed by atoms with van der Waals surface area (Å²) >= 11 is 0. The summed E-state index contributed by atoms with van der Waals surface area (Å²) in [5.41, 5.74) is 5.89. The van der Waals surface area contributed by atoms with Crippen molar-refractivity contribution in [2.45, 2.75) is 70.3 Å². The smallest absolute Gasteiger partial charge is 0.120 e. The number of ether oxygens (including phenoxy) is 2. The van der Waals surface area contributed by atoms with Crippen LogP contribution >= 0.6 is 0 Å². The molecule has 0 radical (unpaired) electrons. The van der Waals surface area contributed by atoms with Crippen LogP contribution in [0.2, 0.25) is 0 Å². The lowest BCUT2D eigenvalue weighted by atomic mass is 9.90. The predicted octanol–water partition coefficient (Wildman–Crippen LogP) is 4.64. The second-order valence-electron chi connectivity index (χ2n) is 8.25. The highest BCUT2D eigenvalue weighted by atomic mass is 16.5. The number of hydrogen-bond donors (Lipinski definition) is 0.